The third-order valence-corrected chi connectivity index (χ3v) is 6.89. The predicted molar refractivity (Wildman–Crippen MR) is 154 cm³/mol. The maximum atomic E-state index is 10.2. The van der Waals surface area contributed by atoms with E-state index in [1.165, 1.54) is 122 Å². The monoisotopic (exact) mass is 487 g/mol. The van der Waals surface area contributed by atoms with Gasteiger partial charge in [0.25, 0.3) is 0 Å². The van der Waals surface area contributed by atoms with Crippen molar-refractivity contribution in [3.8, 4) is 11.5 Å². The van der Waals surface area contributed by atoms with Crippen LogP contribution in [0.1, 0.15) is 154 Å². The standard InChI is InChI=1S/C32H57NO2/c1-3-5-7-9-10-11-12-13-14-15-16-17-18-19-20-22-26-33-29-30-24-25-31(28-32(30)34)35-27-23-21-8-6-4-2/h24-25,28-29,34H,3-23,26-27H2,1-2H3. The van der Waals surface area contributed by atoms with Crippen LogP contribution in [0.25, 0.3) is 0 Å². The summed E-state index contributed by atoms with van der Waals surface area (Å²) in [6.07, 6.45) is 30.1. The quantitative estimate of drug-likeness (QED) is 0.110. The van der Waals surface area contributed by atoms with Crippen LogP contribution in [0.4, 0.5) is 0 Å². The van der Waals surface area contributed by atoms with Gasteiger partial charge in [-0.25, -0.2) is 0 Å². The third-order valence-electron chi connectivity index (χ3n) is 6.89. The molecule has 0 radical (unpaired) electrons. The Hall–Kier alpha value is -1.51. The van der Waals surface area contributed by atoms with Gasteiger partial charge >= 0.3 is 0 Å². The minimum atomic E-state index is 0.254. The lowest BCUT2D eigenvalue weighted by atomic mass is 10.0. The van der Waals surface area contributed by atoms with Crippen LogP contribution in [0, 0.1) is 0 Å². The average molecular weight is 488 g/mol. The maximum absolute atomic E-state index is 10.2. The number of rotatable bonds is 25. The highest BCUT2D eigenvalue weighted by Crippen LogP contribution is 2.23. The van der Waals surface area contributed by atoms with Crippen molar-refractivity contribution in [3.63, 3.8) is 0 Å². The second-order valence-corrected chi connectivity index (χ2v) is 10.3. The van der Waals surface area contributed by atoms with Gasteiger partial charge in [0, 0.05) is 24.4 Å². The van der Waals surface area contributed by atoms with Crippen molar-refractivity contribution >= 4 is 6.21 Å². The van der Waals surface area contributed by atoms with Crippen molar-refractivity contribution in [2.75, 3.05) is 13.2 Å². The fourth-order valence-electron chi connectivity index (χ4n) is 4.53. The molecule has 0 spiro atoms. The van der Waals surface area contributed by atoms with Crippen LogP contribution in [-0.2, 0) is 0 Å². The highest BCUT2D eigenvalue weighted by atomic mass is 16.5. The van der Waals surface area contributed by atoms with Gasteiger partial charge in [-0.2, -0.15) is 0 Å². The van der Waals surface area contributed by atoms with E-state index in [0.717, 1.165) is 37.3 Å². The van der Waals surface area contributed by atoms with E-state index in [4.69, 9.17) is 4.74 Å². The zero-order valence-electron chi connectivity index (χ0n) is 23.4. The van der Waals surface area contributed by atoms with Gasteiger partial charge in [-0.1, -0.05) is 136 Å². The molecule has 0 bridgehead atoms. The number of ether oxygens (including phenoxy) is 1. The Morgan fingerprint density at radius 2 is 1.09 bits per heavy atom. The van der Waals surface area contributed by atoms with Crippen molar-refractivity contribution in [2.45, 2.75) is 149 Å². The van der Waals surface area contributed by atoms with Crippen molar-refractivity contribution in [2.24, 2.45) is 4.99 Å². The molecule has 0 amide bonds. The molecule has 35 heavy (non-hydrogen) atoms. The Labute approximate surface area is 218 Å². The van der Waals surface area contributed by atoms with Crippen LogP contribution in [0.15, 0.2) is 23.2 Å². The van der Waals surface area contributed by atoms with Crippen molar-refractivity contribution in [1.82, 2.24) is 0 Å². The fourth-order valence-corrected chi connectivity index (χ4v) is 4.53. The molecule has 3 nitrogen and oxygen atoms in total. The second kappa shape index (κ2) is 24.2. The zero-order valence-corrected chi connectivity index (χ0v) is 23.4. The highest BCUT2D eigenvalue weighted by molar-refractivity contribution is 5.83. The fraction of sp³-hybridized carbons (Fsp3) is 0.781. The normalized spacial score (nSPS) is 11.5. The molecule has 0 fully saturated rings. The van der Waals surface area contributed by atoms with E-state index in [1.54, 1.807) is 12.3 Å². The predicted octanol–water partition coefficient (Wildman–Crippen LogP) is 10.4. The molecule has 0 unspecified atom stereocenters. The summed E-state index contributed by atoms with van der Waals surface area (Å²) in [5.74, 6) is 0.997. The van der Waals surface area contributed by atoms with Crippen LogP contribution >= 0.6 is 0 Å². The number of aromatic hydroxyl groups is 1. The number of nitrogens with zero attached hydrogens (tertiary/aromatic N) is 1. The van der Waals surface area contributed by atoms with E-state index in [1.807, 2.05) is 12.1 Å². The minimum absolute atomic E-state index is 0.254. The Balaban J connectivity index is 1.93. The first kappa shape index (κ1) is 31.5. The summed E-state index contributed by atoms with van der Waals surface area (Å²) in [6, 6.07) is 5.54. The van der Waals surface area contributed by atoms with Crippen LogP contribution in [0.2, 0.25) is 0 Å². The zero-order chi connectivity index (χ0) is 25.2. The lowest BCUT2D eigenvalue weighted by Crippen LogP contribution is -1.97. The Bertz CT molecular complexity index is 614. The van der Waals surface area contributed by atoms with Crippen LogP contribution in [0.3, 0.4) is 0 Å². The van der Waals surface area contributed by atoms with E-state index in [0.29, 0.717) is 0 Å². The van der Waals surface area contributed by atoms with Gasteiger partial charge in [0.05, 0.1) is 6.61 Å². The number of benzene rings is 1. The Kier molecular flexibility index (Phi) is 21.8. The van der Waals surface area contributed by atoms with Gasteiger partial charge in [-0.3, -0.25) is 4.99 Å². The Morgan fingerprint density at radius 1 is 0.629 bits per heavy atom. The third kappa shape index (κ3) is 19.4. The number of phenolic OH excluding ortho intramolecular Hbond substituents is 1. The molecule has 0 heterocycles. The average Bonchev–Trinajstić information content (AvgIpc) is 2.86. The van der Waals surface area contributed by atoms with E-state index in [-0.39, 0.29) is 5.75 Å². The molecule has 3 heteroatoms. The summed E-state index contributed by atoms with van der Waals surface area (Å²) in [7, 11) is 0. The molecule has 0 aliphatic rings. The van der Waals surface area contributed by atoms with Gasteiger partial charge in [-0.15, -0.1) is 0 Å². The molecule has 1 rings (SSSR count). The summed E-state index contributed by atoms with van der Waals surface area (Å²) in [5, 5.41) is 10.2. The first-order chi connectivity index (χ1) is 17.3. The molecule has 0 aliphatic heterocycles. The second-order valence-electron chi connectivity index (χ2n) is 10.3. The molecule has 0 aromatic heterocycles. The van der Waals surface area contributed by atoms with Crippen molar-refractivity contribution in [1.29, 1.82) is 0 Å². The summed E-state index contributed by atoms with van der Waals surface area (Å²) in [5.41, 5.74) is 0.775. The first-order valence-corrected chi connectivity index (χ1v) is 15.2. The van der Waals surface area contributed by atoms with Gasteiger partial charge < -0.3 is 9.84 Å². The molecule has 1 N–H and O–H groups in total. The molecule has 202 valence electrons. The molecule has 1 aromatic carbocycles. The van der Waals surface area contributed by atoms with Crippen LogP contribution in [-0.4, -0.2) is 24.5 Å². The summed E-state index contributed by atoms with van der Waals surface area (Å²) < 4.78 is 5.76. The van der Waals surface area contributed by atoms with E-state index in [2.05, 4.69) is 18.8 Å². The highest BCUT2D eigenvalue weighted by Gasteiger charge is 2.02. The van der Waals surface area contributed by atoms with E-state index >= 15 is 0 Å². The van der Waals surface area contributed by atoms with E-state index in [9.17, 15) is 5.11 Å². The molecule has 0 saturated heterocycles. The molecule has 0 saturated carbocycles. The molecule has 0 atom stereocenters. The van der Waals surface area contributed by atoms with Gasteiger partial charge in [-0.05, 0) is 25.0 Å². The summed E-state index contributed by atoms with van der Waals surface area (Å²) >= 11 is 0. The maximum Gasteiger partial charge on any atom is 0.128 e. The Morgan fingerprint density at radius 3 is 1.57 bits per heavy atom. The van der Waals surface area contributed by atoms with E-state index < -0.39 is 0 Å². The number of aliphatic imine (C=N–C) groups is 1. The molecule has 0 aliphatic carbocycles. The van der Waals surface area contributed by atoms with Gasteiger partial charge in [0.2, 0.25) is 0 Å². The largest absolute Gasteiger partial charge is 0.507 e. The van der Waals surface area contributed by atoms with Crippen LogP contribution < -0.4 is 4.74 Å². The lowest BCUT2D eigenvalue weighted by molar-refractivity contribution is 0.303. The molecule has 1 aromatic rings. The number of unbranched alkanes of at least 4 members (excludes halogenated alkanes) is 19. The van der Waals surface area contributed by atoms with Crippen molar-refractivity contribution in [3.05, 3.63) is 23.8 Å². The number of phenols is 1. The van der Waals surface area contributed by atoms with Gasteiger partial charge in [0.1, 0.15) is 11.5 Å². The molecular formula is C32H57NO2. The number of hydrogen-bond donors (Lipinski definition) is 1. The summed E-state index contributed by atoms with van der Waals surface area (Å²) in [4.78, 5) is 4.51. The van der Waals surface area contributed by atoms with Crippen molar-refractivity contribution < 1.29 is 9.84 Å². The lowest BCUT2D eigenvalue weighted by Gasteiger charge is -2.07. The SMILES string of the molecule is CCCCCCCCCCCCCCCCCCN=Cc1ccc(OCCCCCCC)cc1O. The minimum Gasteiger partial charge on any atom is -0.507 e. The number of hydrogen-bond acceptors (Lipinski definition) is 3. The topological polar surface area (TPSA) is 41.8 Å². The first-order valence-electron chi connectivity index (χ1n) is 15.2. The van der Waals surface area contributed by atoms with Crippen LogP contribution in [0.5, 0.6) is 11.5 Å². The summed E-state index contributed by atoms with van der Waals surface area (Å²) in [6.45, 7) is 6.08. The van der Waals surface area contributed by atoms with Gasteiger partial charge in [0.15, 0.2) is 0 Å². The smallest absolute Gasteiger partial charge is 0.128 e. The molecular weight excluding hydrogens is 430 g/mol.